The van der Waals surface area contributed by atoms with Gasteiger partial charge in [-0.05, 0) is 24.5 Å². The van der Waals surface area contributed by atoms with Crippen molar-refractivity contribution in [3.05, 3.63) is 71.5 Å². The number of hydrogen-bond acceptors (Lipinski definition) is 3. The van der Waals surface area contributed by atoms with E-state index < -0.39 is 5.60 Å². The van der Waals surface area contributed by atoms with Crippen LogP contribution in [0.1, 0.15) is 30.0 Å². The number of halogens is 1. The Hall–Kier alpha value is -2.24. The standard InChI is InChI=1S/C21H21FN2O2/c22-17-9-5-4-8-16(17)18-10-11-19-24(18)20(25)21(26-19)13-23(14-21)12-15-6-2-1-3-7-15/h1-9,18-19H,10-14H2/t18-,19+/m0/s1. The average molecular weight is 352 g/mol. The zero-order valence-corrected chi connectivity index (χ0v) is 14.5. The van der Waals surface area contributed by atoms with Gasteiger partial charge in [0.05, 0.1) is 6.04 Å². The predicted octanol–water partition coefficient (Wildman–Crippen LogP) is 3.10. The molecular weight excluding hydrogens is 331 g/mol. The van der Waals surface area contributed by atoms with Crippen molar-refractivity contribution in [3.8, 4) is 0 Å². The average Bonchev–Trinajstić information content (AvgIpc) is 3.15. The Bertz CT molecular complexity index is 835. The van der Waals surface area contributed by atoms with Crippen LogP contribution in [0.25, 0.3) is 0 Å². The molecule has 3 aliphatic rings. The van der Waals surface area contributed by atoms with E-state index in [2.05, 4.69) is 17.0 Å². The van der Waals surface area contributed by atoms with E-state index in [0.717, 1.165) is 19.4 Å². The minimum atomic E-state index is -0.733. The summed E-state index contributed by atoms with van der Waals surface area (Å²) in [5, 5.41) is 0. The summed E-state index contributed by atoms with van der Waals surface area (Å²) in [4.78, 5) is 17.2. The molecule has 0 N–H and O–H groups in total. The van der Waals surface area contributed by atoms with Gasteiger partial charge in [0.2, 0.25) is 0 Å². The third-order valence-electron chi connectivity index (χ3n) is 5.79. The Balaban J connectivity index is 1.31. The van der Waals surface area contributed by atoms with Gasteiger partial charge in [-0.2, -0.15) is 0 Å². The molecule has 3 fully saturated rings. The molecule has 26 heavy (non-hydrogen) atoms. The predicted molar refractivity (Wildman–Crippen MR) is 94.5 cm³/mol. The summed E-state index contributed by atoms with van der Waals surface area (Å²) < 4.78 is 20.4. The highest BCUT2D eigenvalue weighted by molar-refractivity contribution is 5.89. The summed E-state index contributed by atoms with van der Waals surface area (Å²) in [6.45, 7) is 2.04. The van der Waals surface area contributed by atoms with Crippen LogP contribution in [0.5, 0.6) is 0 Å². The zero-order chi connectivity index (χ0) is 17.7. The van der Waals surface area contributed by atoms with E-state index in [-0.39, 0.29) is 24.0 Å². The Morgan fingerprint density at radius 1 is 1.04 bits per heavy atom. The highest BCUT2D eigenvalue weighted by atomic mass is 19.1. The lowest BCUT2D eigenvalue weighted by atomic mass is 9.91. The SMILES string of the molecule is O=C1N2[C@@H](CC[C@H]2c2ccccc2F)OC12CN(Cc1ccccc1)C2. The van der Waals surface area contributed by atoms with Gasteiger partial charge in [-0.15, -0.1) is 0 Å². The lowest BCUT2D eigenvalue weighted by molar-refractivity contribution is -0.161. The van der Waals surface area contributed by atoms with Crippen LogP contribution in [0.15, 0.2) is 54.6 Å². The topological polar surface area (TPSA) is 32.8 Å². The number of likely N-dealkylation sites (tertiary alicyclic amines) is 1. The van der Waals surface area contributed by atoms with Gasteiger partial charge in [-0.3, -0.25) is 9.69 Å². The molecule has 4 nitrogen and oxygen atoms in total. The first-order chi connectivity index (χ1) is 12.7. The minimum Gasteiger partial charge on any atom is -0.339 e. The number of fused-ring (bicyclic) bond motifs is 1. The molecule has 2 aromatic carbocycles. The molecule has 2 atom stereocenters. The summed E-state index contributed by atoms with van der Waals surface area (Å²) in [6, 6.07) is 16.8. The highest BCUT2D eigenvalue weighted by Crippen LogP contribution is 2.47. The second kappa shape index (κ2) is 5.89. The van der Waals surface area contributed by atoms with Crippen molar-refractivity contribution >= 4 is 5.91 Å². The first-order valence-electron chi connectivity index (χ1n) is 9.18. The fourth-order valence-corrected chi connectivity index (χ4v) is 4.60. The van der Waals surface area contributed by atoms with Gasteiger partial charge in [-0.1, -0.05) is 48.5 Å². The molecule has 0 aliphatic carbocycles. The van der Waals surface area contributed by atoms with Gasteiger partial charge >= 0.3 is 0 Å². The van der Waals surface area contributed by atoms with E-state index in [1.54, 1.807) is 17.0 Å². The van der Waals surface area contributed by atoms with Crippen LogP contribution in [-0.4, -0.2) is 40.6 Å². The van der Waals surface area contributed by atoms with Gasteiger partial charge in [0, 0.05) is 25.2 Å². The summed E-state index contributed by atoms with van der Waals surface area (Å²) in [5.41, 5.74) is 1.10. The molecule has 0 unspecified atom stereocenters. The Labute approximate surface area is 152 Å². The van der Waals surface area contributed by atoms with Crippen LogP contribution in [0.3, 0.4) is 0 Å². The first-order valence-corrected chi connectivity index (χ1v) is 9.18. The van der Waals surface area contributed by atoms with Crippen molar-refractivity contribution in [2.24, 2.45) is 0 Å². The van der Waals surface area contributed by atoms with Crippen LogP contribution >= 0.6 is 0 Å². The maximum atomic E-state index is 14.2. The minimum absolute atomic E-state index is 0.0255. The monoisotopic (exact) mass is 352 g/mol. The summed E-state index contributed by atoms with van der Waals surface area (Å²) in [5.74, 6) is -0.219. The van der Waals surface area contributed by atoms with Gasteiger partial charge in [-0.25, -0.2) is 4.39 Å². The summed E-state index contributed by atoms with van der Waals surface area (Å²) in [6.07, 6.45) is 1.30. The van der Waals surface area contributed by atoms with E-state index in [4.69, 9.17) is 4.74 Å². The lowest BCUT2D eigenvalue weighted by Crippen LogP contribution is -2.65. The van der Waals surface area contributed by atoms with Crippen molar-refractivity contribution in [1.29, 1.82) is 0 Å². The van der Waals surface area contributed by atoms with Crippen LogP contribution in [0.2, 0.25) is 0 Å². The van der Waals surface area contributed by atoms with Gasteiger partial charge in [0.15, 0.2) is 5.60 Å². The molecule has 3 aliphatic heterocycles. The van der Waals surface area contributed by atoms with Crippen molar-refractivity contribution in [2.45, 2.75) is 37.3 Å². The second-order valence-corrected chi connectivity index (χ2v) is 7.52. The Morgan fingerprint density at radius 3 is 2.54 bits per heavy atom. The maximum Gasteiger partial charge on any atom is 0.260 e. The smallest absolute Gasteiger partial charge is 0.260 e. The van der Waals surface area contributed by atoms with E-state index in [1.165, 1.54) is 11.6 Å². The molecule has 2 aromatic rings. The molecule has 1 spiro atoms. The van der Waals surface area contributed by atoms with Crippen LogP contribution in [-0.2, 0) is 16.1 Å². The number of nitrogens with zero attached hydrogens (tertiary/aromatic N) is 2. The largest absolute Gasteiger partial charge is 0.339 e. The fourth-order valence-electron chi connectivity index (χ4n) is 4.60. The number of carbonyl (C=O) groups excluding carboxylic acids is 1. The van der Waals surface area contributed by atoms with Crippen LogP contribution < -0.4 is 0 Å². The molecular formula is C21H21FN2O2. The lowest BCUT2D eigenvalue weighted by Gasteiger charge is -2.45. The van der Waals surface area contributed by atoms with Crippen molar-refractivity contribution in [1.82, 2.24) is 9.80 Å². The number of rotatable bonds is 3. The molecule has 134 valence electrons. The van der Waals surface area contributed by atoms with Gasteiger partial charge in [0.1, 0.15) is 12.0 Å². The maximum absolute atomic E-state index is 14.2. The van der Waals surface area contributed by atoms with E-state index in [0.29, 0.717) is 18.7 Å². The summed E-state index contributed by atoms with van der Waals surface area (Å²) >= 11 is 0. The molecule has 0 bridgehead atoms. The number of benzene rings is 2. The van der Waals surface area contributed by atoms with Crippen LogP contribution in [0, 0.1) is 5.82 Å². The number of amides is 1. The third kappa shape index (κ3) is 2.38. The Morgan fingerprint density at radius 2 is 1.77 bits per heavy atom. The summed E-state index contributed by atoms with van der Waals surface area (Å²) in [7, 11) is 0. The fraction of sp³-hybridized carbons (Fsp3) is 0.381. The molecule has 0 saturated carbocycles. The third-order valence-corrected chi connectivity index (χ3v) is 5.79. The van der Waals surface area contributed by atoms with Gasteiger partial charge < -0.3 is 9.64 Å². The van der Waals surface area contributed by atoms with Crippen molar-refractivity contribution in [3.63, 3.8) is 0 Å². The second-order valence-electron chi connectivity index (χ2n) is 7.52. The molecule has 0 aromatic heterocycles. The van der Waals surface area contributed by atoms with Crippen molar-refractivity contribution < 1.29 is 13.9 Å². The molecule has 3 saturated heterocycles. The molecule has 1 amide bonds. The van der Waals surface area contributed by atoms with E-state index in [9.17, 15) is 9.18 Å². The highest BCUT2D eigenvalue weighted by Gasteiger charge is 2.62. The zero-order valence-electron chi connectivity index (χ0n) is 14.5. The normalized spacial score (nSPS) is 27.0. The number of hydrogen-bond donors (Lipinski definition) is 0. The van der Waals surface area contributed by atoms with Crippen LogP contribution in [0.4, 0.5) is 4.39 Å². The number of ether oxygens (including phenoxy) is 1. The van der Waals surface area contributed by atoms with E-state index in [1.807, 2.05) is 24.3 Å². The van der Waals surface area contributed by atoms with Crippen molar-refractivity contribution in [2.75, 3.05) is 13.1 Å². The van der Waals surface area contributed by atoms with E-state index >= 15 is 0 Å². The molecule has 0 radical (unpaired) electrons. The molecule has 5 heteroatoms. The Kier molecular flexibility index (Phi) is 3.62. The van der Waals surface area contributed by atoms with Gasteiger partial charge in [0.25, 0.3) is 5.91 Å². The molecule has 5 rings (SSSR count). The number of carbonyl (C=O) groups is 1. The first kappa shape index (κ1) is 16.0. The quantitative estimate of drug-likeness (QED) is 0.851. The molecule has 3 heterocycles.